The minimum absolute atomic E-state index is 0.231. The Labute approximate surface area is 81.2 Å². The summed E-state index contributed by atoms with van der Waals surface area (Å²) >= 11 is 0. The molecule has 2 aromatic rings. The standard InChI is InChI=1S/C10H9N3O/c1-6(2)9-13-8-4-3-7(5-11)12-10(8)14-9/h3-4,6H,1-2H3. The third-order valence-electron chi connectivity index (χ3n) is 1.88. The molecule has 0 saturated heterocycles. The van der Waals surface area contributed by atoms with Crippen LogP contribution in [0.2, 0.25) is 0 Å². The van der Waals surface area contributed by atoms with Gasteiger partial charge in [-0.25, -0.2) is 9.97 Å². The Bertz CT molecular complexity index is 508. The predicted molar refractivity (Wildman–Crippen MR) is 50.6 cm³/mol. The van der Waals surface area contributed by atoms with Crippen molar-refractivity contribution < 1.29 is 4.42 Å². The third kappa shape index (κ3) is 1.33. The fourth-order valence-corrected chi connectivity index (χ4v) is 1.14. The zero-order chi connectivity index (χ0) is 10.1. The highest BCUT2D eigenvalue weighted by molar-refractivity contribution is 5.68. The van der Waals surface area contributed by atoms with Crippen LogP contribution in [0.25, 0.3) is 11.2 Å². The highest BCUT2D eigenvalue weighted by Crippen LogP contribution is 2.19. The molecular weight excluding hydrogens is 178 g/mol. The van der Waals surface area contributed by atoms with Crippen molar-refractivity contribution in [3.05, 3.63) is 23.7 Å². The summed E-state index contributed by atoms with van der Waals surface area (Å²) in [6.07, 6.45) is 0. The molecule has 2 aromatic heterocycles. The average Bonchev–Trinajstić information content (AvgIpc) is 2.59. The molecule has 70 valence electrons. The van der Waals surface area contributed by atoms with Gasteiger partial charge in [-0.3, -0.25) is 0 Å². The first-order valence-electron chi connectivity index (χ1n) is 4.38. The van der Waals surface area contributed by atoms with Gasteiger partial charge in [-0.15, -0.1) is 0 Å². The second-order valence-corrected chi connectivity index (χ2v) is 3.34. The minimum atomic E-state index is 0.231. The second-order valence-electron chi connectivity index (χ2n) is 3.34. The van der Waals surface area contributed by atoms with Crippen LogP contribution >= 0.6 is 0 Å². The summed E-state index contributed by atoms with van der Waals surface area (Å²) in [5.74, 6) is 0.886. The Kier molecular flexibility index (Phi) is 1.93. The molecule has 0 radical (unpaired) electrons. The van der Waals surface area contributed by atoms with Crippen LogP contribution < -0.4 is 0 Å². The molecule has 0 amide bonds. The summed E-state index contributed by atoms with van der Waals surface area (Å²) in [5.41, 5.74) is 1.49. The predicted octanol–water partition coefficient (Wildman–Crippen LogP) is 2.22. The van der Waals surface area contributed by atoms with E-state index < -0.39 is 0 Å². The molecule has 0 unspecified atom stereocenters. The van der Waals surface area contributed by atoms with Crippen LogP contribution in [0, 0.1) is 11.3 Å². The smallest absolute Gasteiger partial charge is 0.248 e. The Morgan fingerprint density at radius 3 is 2.79 bits per heavy atom. The number of hydrogen-bond acceptors (Lipinski definition) is 4. The number of oxazole rings is 1. The zero-order valence-electron chi connectivity index (χ0n) is 7.98. The summed E-state index contributed by atoms with van der Waals surface area (Å²) in [4.78, 5) is 8.26. The maximum absolute atomic E-state index is 8.64. The van der Waals surface area contributed by atoms with Crippen molar-refractivity contribution in [2.45, 2.75) is 19.8 Å². The van der Waals surface area contributed by atoms with Crippen LogP contribution in [0.4, 0.5) is 0 Å². The van der Waals surface area contributed by atoms with Gasteiger partial charge in [0.25, 0.3) is 0 Å². The van der Waals surface area contributed by atoms with Gasteiger partial charge in [-0.05, 0) is 12.1 Å². The van der Waals surface area contributed by atoms with Crippen molar-refractivity contribution in [1.29, 1.82) is 5.26 Å². The summed E-state index contributed by atoms with van der Waals surface area (Å²) in [7, 11) is 0. The lowest BCUT2D eigenvalue weighted by atomic mass is 10.2. The van der Waals surface area contributed by atoms with E-state index in [4.69, 9.17) is 9.68 Å². The van der Waals surface area contributed by atoms with Gasteiger partial charge in [0.05, 0.1) is 0 Å². The SMILES string of the molecule is CC(C)c1nc2ccc(C#N)nc2o1. The van der Waals surface area contributed by atoms with Crippen molar-refractivity contribution in [2.24, 2.45) is 0 Å². The summed E-state index contributed by atoms with van der Waals surface area (Å²) in [6.45, 7) is 3.99. The molecule has 0 atom stereocenters. The third-order valence-corrected chi connectivity index (χ3v) is 1.88. The quantitative estimate of drug-likeness (QED) is 0.686. The lowest BCUT2D eigenvalue weighted by Gasteiger charge is -1.93. The molecule has 0 spiro atoms. The summed E-state index contributed by atoms with van der Waals surface area (Å²) in [6, 6.07) is 5.34. The Morgan fingerprint density at radius 2 is 2.14 bits per heavy atom. The van der Waals surface area contributed by atoms with Crippen LogP contribution in [0.15, 0.2) is 16.5 Å². The van der Waals surface area contributed by atoms with Crippen molar-refractivity contribution in [1.82, 2.24) is 9.97 Å². The van der Waals surface area contributed by atoms with Gasteiger partial charge >= 0.3 is 0 Å². The maximum atomic E-state index is 8.64. The Morgan fingerprint density at radius 1 is 1.36 bits per heavy atom. The first-order chi connectivity index (χ1) is 6.70. The minimum Gasteiger partial charge on any atom is -0.422 e. The van der Waals surface area contributed by atoms with E-state index in [9.17, 15) is 0 Å². The molecule has 2 heterocycles. The van der Waals surface area contributed by atoms with Gasteiger partial charge in [0.15, 0.2) is 5.89 Å². The lowest BCUT2D eigenvalue weighted by molar-refractivity contribution is 0.494. The van der Waals surface area contributed by atoms with Crippen molar-refractivity contribution in [2.75, 3.05) is 0 Å². The van der Waals surface area contributed by atoms with Gasteiger partial charge in [0, 0.05) is 5.92 Å². The van der Waals surface area contributed by atoms with Gasteiger partial charge < -0.3 is 4.42 Å². The Hall–Kier alpha value is -1.89. The molecule has 4 nitrogen and oxygen atoms in total. The van der Waals surface area contributed by atoms with Gasteiger partial charge in [0.1, 0.15) is 17.3 Å². The van der Waals surface area contributed by atoms with E-state index in [0.29, 0.717) is 22.8 Å². The maximum Gasteiger partial charge on any atom is 0.248 e. The molecule has 4 heteroatoms. The van der Waals surface area contributed by atoms with Crippen LogP contribution in [0.3, 0.4) is 0 Å². The van der Waals surface area contributed by atoms with E-state index in [1.54, 1.807) is 12.1 Å². The number of hydrogen-bond donors (Lipinski definition) is 0. The van der Waals surface area contributed by atoms with Crippen LogP contribution in [0.1, 0.15) is 31.4 Å². The lowest BCUT2D eigenvalue weighted by Crippen LogP contribution is -1.84. The first kappa shape index (κ1) is 8.70. The van der Waals surface area contributed by atoms with Gasteiger partial charge in [-0.1, -0.05) is 13.8 Å². The number of pyridine rings is 1. The van der Waals surface area contributed by atoms with E-state index >= 15 is 0 Å². The first-order valence-corrected chi connectivity index (χ1v) is 4.38. The topological polar surface area (TPSA) is 62.7 Å². The second kappa shape index (κ2) is 3.11. The number of fused-ring (bicyclic) bond motifs is 1. The van der Waals surface area contributed by atoms with Gasteiger partial charge in [0.2, 0.25) is 5.71 Å². The molecular formula is C10H9N3O. The highest BCUT2D eigenvalue weighted by Gasteiger charge is 2.10. The monoisotopic (exact) mass is 187 g/mol. The largest absolute Gasteiger partial charge is 0.422 e. The van der Waals surface area contributed by atoms with E-state index in [1.807, 2.05) is 19.9 Å². The van der Waals surface area contributed by atoms with Crippen LogP contribution in [-0.4, -0.2) is 9.97 Å². The van der Waals surface area contributed by atoms with E-state index in [2.05, 4.69) is 9.97 Å². The molecule has 0 aliphatic carbocycles. The molecule has 2 rings (SSSR count). The van der Waals surface area contributed by atoms with Crippen molar-refractivity contribution in [3.63, 3.8) is 0 Å². The Balaban J connectivity index is 2.61. The molecule has 0 bridgehead atoms. The molecule has 0 N–H and O–H groups in total. The number of aromatic nitrogens is 2. The van der Waals surface area contributed by atoms with E-state index in [1.165, 1.54) is 0 Å². The summed E-state index contributed by atoms with van der Waals surface area (Å²) < 4.78 is 5.40. The number of nitrogens with zero attached hydrogens (tertiary/aromatic N) is 3. The molecule has 0 aliphatic rings. The van der Waals surface area contributed by atoms with Crippen LogP contribution in [-0.2, 0) is 0 Å². The van der Waals surface area contributed by atoms with Crippen molar-refractivity contribution in [3.8, 4) is 6.07 Å². The fourth-order valence-electron chi connectivity index (χ4n) is 1.14. The van der Waals surface area contributed by atoms with Gasteiger partial charge in [-0.2, -0.15) is 5.26 Å². The zero-order valence-corrected chi connectivity index (χ0v) is 7.98. The fraction of sp³-hybridized carbons (Fsp3) is 0.300. The van der Waals surface area contributed by atoms with Crippen LogP contribution in [0.5, 0.6) is 0 Å². The molecule has 0 fully saturated rings. The molecule has 0 aliphatic heterocycles. The van der Waals surface area contributed by atoms with E-state index in [0.717, 1.165) is 0 Å². The van der Waals surface area contributed by atoms with Crippen molar-refractivity contribution >= 4 is 11.2 Å². The number of nitriles is 1. The molecule has 14 heavy (non-hydrogen) atoms. The van der Waals surface area contributed by atoms with E-state index in [-0.39, 0.29) is 5.92 Å². The highest BCUT2D eigenvalue weighted by atomic mass is 16.4. The number of rotatable bonds is 1. The normalized spacial score (nSPS) is 10.7. The molecule has 0 saturated carbocycles. The molecule has 0 aromatic carbocycles. The summed E-state index contributed by atoms with van der Waals surface area (Å²) in [5, 5.41) is 8.64. The average molecular weight is 187 g/mol.